The number of amides is 3. The fourth-order valence-electron chi connectivity index (χ4n) is 5.34. The van der Waals surface area contributed by atoms with E-state index in [2.05, 4.69) is 0 Å². The predicted molar refractivity (Wildman–Crippen MR) is 96.4 cm³/mol. The molecule has 3 amide bonds. The number of hydrogen-bond acceptors (Lipinski definition) is 3. The van der Waals surface area contributed by atoms with Crippen LogP contribution in [0.2, 0.25) is 5.02 Å². The first-order chi connectivity index (χ1) is 13.7. The van der Waals surface area contributed by atoms with Crippen LogP contribution in [0.25, 0.3) is 0 Å². The molecule has 1 heterocycles. The second-order valence-corrected chi connectivity index (χ2v) is 8.54. The highest BCUT2D eigenvalue weighted by Gasteiger charge is 2.67. The first-order valence-corrected chi connectivity index (χ1v) is 9.74. The van der Waals surface area contributed by atoms with Gasteiger partial charge in [0.25, 0.3) is 0 Å². The average molecular weight is 425 g/mol. The van der Waals surface area contributed by atoms with Crippen molar-refractivity contribution in [1.29, 1.82) is 0 Å². The van der Waals surface area contributed by atoms with Crippen molar-refractivity contribution < 1.29 is 27.6 Å². The molecule has 1 aromatic rings. The van der Waals surface area contributed by atoms with Gasteiger partial charge in [0.15, 0.2) is 0 Å². The highest BCUT2D eigenvalue weighted by Crippen LogP contribution is 2.65. The van der Waals surface area contributed by atoms with Gasteiger partial charge in [-0.1, -0.05) is 23.8 Å². The number of likely N-dealkylation sites (tertiary alicyclic amines) is 1. The van der Waals surface area contributed by atoms with E-state index in [1.54, 1.807) is 0 Å². The highest BCUT2D eigenvalue weighted by molar-refractivity contribution is 6.30. The molecule has 2 bridgehead atoms. The van der Waals surface area contributed by atoms with Crippen molar-refractivity contribution in [3.63, 3.8) is 0 Å². The van der Waals surface area contributed by atoms with Crippen LogP contribution < -0.4 is 4.90 Å². The number of carbonyl (C=O) groups is 3. The largest absolute Gasteiger partial charge is 0.471 e. The first kappa shape index (κ1) is 18.7. The molecule has 0 spiro atoms. The van der Waals surface area contributed by atoms with Gasteiger partial charge in [0.1, 0.15) is 6.67 Å². The smallest absolute Gasteiger partial charge is 0.286 e. The summed E-state index contributed by atoms with van der Waals surface area (Å²) in [6, 6.07) is 5.20. The Bertz CT molecular complexity index is 909. The molecule has 29 heavy (non-hydrogen) atoms. The molecule has 1 aliphatic heterocycles. The Labute approximate surface area is 169 Å². The van der Waals surface area contributed by atoms with Crippen LogP contribution in [0.15, 0.2) is 36.4 Å². The fraction of sp³-hybridized carbons (Fsp3) is 0.450. The molecule has 0 aromatic heterocycles. The topological polar surface area (TPSA) is 57.7 Å². The lowest BCUT2D eigenvalue weighted by molar-refractivity contribution is -0.171. The van der Waals surface area contributed by atoms with E-state index in [1.165, 1.54) is 24.3 Å². The molecular formula is C20H16ClF3N2O3. The van der Waals surface area contributed by atoms with Crippen LogP contribution in [-0.2, 0) is 14.4 Å². The van der Waals surface area contributed by atoms with E-state index in [4.69, 9.17) is 11.6 Å². The van der Waals surface area contributed by atoms with Crippen molar-refractivity contribution in [2.75, 3.05) is 11.6 Å². The minimum absolute atomic E-state index is 0.0428. The molecule has 3 fully saturated rings. The summed E-state index contributed by atoms with van der Waals surface area (Å²) in [4.78, 5) is 39.4. The molecule has 2 saturated carbocycles. The Hall–Kier alpha value is -2.35. The lowest BCUT2D eigenvalue weighted by atomic mass is 9.63. The van der Waals surface area contributed by atoms with Gasteiger partial charge in [0.05, 0.1) is 11.8 Å². The number of nitrogens with zero attached hydrogens (tertiary/aromatic N) is 2. The van der Waals surface area contributed by atoms with Gasteiger partial charge in [-0.05, 0) is 54.4 Å². The fourth-order valence-corrected chi connectivity index (χ4v) is 5.46. The van der Waals surface area contributed by atoms with E-state index in [0.29, 0.717) is 16.7 Å². The Balaban J connectivity index is 1.46. The molecule has 152 valence electrons. The molecule has 6 rings (SSSR count). The Morgan fingerprint density at radius 3 is 2.03 bits per heavy atom. The molecule has 0 N–H and O–H groups in total. The zero-order chi connectivity index (χ0) is 20.7. The summed E-state index contributed by atoms with van der Waals surface area (Å²) in [5.41, 5.74) is -0.0869. The maximum atomic E-state index is 13.2. The minimum atomic E-state index is -5.15. The maximum absolute atomic E-state index is 13.2. The molecule has 0 unspecified atom stereocenters. The van der Waals surface area contributed by atoms with Crippen molar-refractivity contribution in [3.8, 4) is 0 Å². The Morgan fingerprint density at radius 2 is 1.55 bits per heavy atom. The third-order valence-corrected chi connectivity index (χ3v) is 6.91. The summed E-state index contributed by atoms with van der Waals surface area (Å²) in [6.07, 6.45) is -0.210. The molecule has 5 nitrogen and oxygen atoms in total. The molecule has 1 saturated heterocycles. The summed E-state index contributed by atoms with van der Waals surface area (Å²) < 4.78 is 39.6. The monoisotopic (exact) mass is 424 g/mol. The number of rotatable bonds is 3. The zero-order valence-electron chi connectivity index (χ0n) is 15.0. The Morgan fingerprint density at radius 1 is 1.03 bits per heavy atom. The summed E-state index contributed by atoms with van der Waals surface area (Å²) in [5, 5.41) is 0.286. The van der Waals surface area contributed by atoms with E-state index in [9.17, 15) is 27.6 Å². The predicted octanol–water partition coefficient (Wildman–Crippen LogP) is 3.25. The first-order valence-electron chi connectivity index (χ1n) is 9.36. The third-order valence-electron chi connectivity index (χ3n) is 6.66. The summed E-state index contributed by atoms with van der Waals surface area (Å²) in [5.74, 6) is -3.50. The van der Waals surface area contributed by atoms with Gasteiger partial charge >= 0.3 is 12.1 Å². The van der Waals surface area contributed by atoms with E-state index in [0.717, 1.165) is 11.3 Å². The van der Waals surface area contributed by atoms with Crippen molar-refractivity contribution in [1.82, 2.24) is 4.90 Å². The van der Waals surface area contributed by atoms with Gasteiger partial charge in [-0.15, -0.1) is 0 Å². The van der Waals surface area contributed by atoms with E-state index >= 15 is 0 Å². The molecule has 5 aliphatic rings. The molecule has 9 heteroatoms. The van der Waals surface area contributed by atoms with Gasteiger partial charge in [-0.25, -0.2) is 0 Å². The molecule has 1 aromatic carbocycles. The summed E-state index contributed by atoms with van der Waals surface area (Å²) in [6.45, 7) is -0.764. The molecule has 6 atom stereocenters. The number of halogens is 4. The number of benzene rings is 1. The van der Waals surface area contributed by atoms with Crippen molar-refractivity contribution in [3.05, 3.63) is 41.4 Å². The highest BCUT2D eigenvalue weighted by atomic mass is 35.5. The quantitative estimate of drug-likeness (QED) is 0.553. The minimum Gasteiger partial charge on any atom is -0.286 e. The summed E-state index contributed by atoms with van der Waals surface area (Å²) in [7, 11) is 0. The number of allylic oxidation sites excluding steroid dienone is 2. The normalized spacial score (nSPS) is 34.3. The lowest BCUT2D eigenvalue weighted by Crippen LogP contribution is -2.49. The van der Waals surface area contributed by atoms with Crippen molar-refractivity contribution >= 4 is 35.0 Å². The van der Waals surface area contributed by atoms with Crippen LogP contribution in [0, 0.1) is 35.5 Å². The van der Waals surface area contributed by atoms with Gasteiger partial charge in [-0.2, -0.15) is 13.2 Å². The SMILES string of the molecule is O=C1[C@@H]2[C@@H]3C=C[C@H]([C@@H]4C[C@H]34)[C@@H]2C(=O)N1CN(C(=O)C(F)(F)F)c1ccc(Cl)cc1. The van der Waals surface area contributed by atoms with Crippen molar-refractivity contribution in [2.24, 2.45) is 35.5 Å². The number of anilines is 1. The molecule has 0 radical (unpaired) electrons. The molecular weight excluding hydrogens is 409 g/mol. The number of hydrogen-bond donors (Lipinski definition) is 0. The molecule has 4 aliphatic carbocycles. The van der Waals surface area contributed by atoms with Crippen LogP contribution >= 0.6 is 11.6 Å². The second-order valence-electron chi connectivity index (χ2n) is 8.11. The third kappa shape index (κ3) is 2.72. The average Bonchev–Trinajstić information content (AvgIpc) is 3.46. The van der Waals surface area contributed by atoms with Crippen LogP contribution in [-0.4, -0.2) is 35.5 Å². The zero-order valence-corrected chi connectivity index (χ0v) is 15.7. The number of carbonyl (C=O) groups excluding carboxylic acids is 3. The standard InChI is InChI=1S/C20H16ClF3N2O3/c21-9-1-3-10(4-2-9)25(19(29)20(22,23)24)8-26-17(27)15-11-5-6-12(14-7-13(11)14)16(15)18(26)28/h1-6,11-16H,7-8H2/t11-,12-,13-,14+,15-,16+/m1/s1. The second kappa shape index (κ2) is 6.08. The van der Waals surface area contributed by atoms with E-state index in [-0.39, 0.29) is 22.5 Å². The van der Waals surface area contributed by atoms with Gasteiger partial charge < -0.3 is 0 Å². The number of imide groups is 1. The van der Waals surface area contributed by atoms with Crippen LogP contribution in [0.4, 0.5) is 18.9 Å². The maximum Gasteiger partial charge on any atom is 0.471 e. The van der Waals surface area contributed by atoms with Gasteiger partial charge in [0.2, 0.25) is 11.8 Å². The summed E-state index contributed by atoms with van der Waals surface area (Å²) >= 11 is 5.79. The van der Waals surface area contributed by atoms with Crippen LogP contribution in [0.3, 0.4) is 0 Å². The lowest BCUT2D eigenvalue weighted by Gasteiger charge is -2.37. The van der Waals surface area contributed by atoms with E-state index in [1.807, 2.05) is 12.2 Å². The van der Waals surface area contributed by atoms with Gasteiger partial charge in [-0.3, -0.25) is 24.2 Å². The van der Waals surface area contributed by atoms with Crippen molar-refractivity contribution in [2.45, 2.75) is 12.6 Å². The van der Waals surface area contributed by atoms with Crippen LogP contribution in [0.5, 0.6) is 0 Å². The number of alkyl halides is 3. The van der Waals surface area contributed by atoms with E-state index < -0.39 is 42.4 Å². The van der Waals surface area contributed by atoms with Crippen LogP contribution in [0.1, 0.15) is 6.42 Å². The Kier molecular flexibility index (Phi) is 3.91. The van der Waals surface area contributed by atoms with Gasteiger partial charge in [0, 0.05) is 10.7 Å².